The molecule has 7 nitrogen and oxygen atoms in total. The third kappa shape index (κ3) is 4.40. The first-order valence-electron chi connectivity index (χ1n) is 10.4. The second-order valence-corrected chi connectivity index (χ2v) is 8.24. The van der Waals surface area contributed by atoms with Crippen molar-refractivity contribution in [3.05, 3.63) is 53.4 Å². The number of hydrogen-bond acceptors (Lipinski definition) is 6. The molecule has 1 saturated heterocycles. The Bertz CT molecular complexity index is 1090. The summed E-state index contributed by atoms with van der Waals surface area (Å²) in [5.41, 5.74) is 3.93. The quantitative estimate of drug-likeness (QED) is 0.576. The number of anilines is 1. The summed E-state index contributed by atoms with van der Waals surface area (Å²) in [6.07, 6.45) is 0.385. The minimum atomic E-state index is -0.139. The molecule has 1 unspecified atom stereocenters. The average Bonchev–Trinajstić information content (AvgIpc) is 3.34. The zero-order valence-corrected chi connectivity index (χ0v) is 18.5. The summed E-state index contributed by atoms with van der Waals surface area (Å²) in [5.74, 6) is 2.12. The van der Waals surface area contributed by atoms with E-state index in [4.69, 9.17) is 14.0 Å². The van der Waals surface area contributed by atoms with Gasteiger partial charge in [-0.1, -0.05) is 11.2 Å². The van der Waals surface area contributed by atoms with E-state index < -0.39 is 0 Å². The van der Waals surface area contributed by atoms with Gasteiger partial charge in [0.25, 0.3) is 0 Å². The molecule has 1 aliphatic heterocycles. The summed E-state index contributed by atoms with van der Waals surface area (Å²) in [7, 11) is 1.60. The predicted octanol–water partition coefficient (Wildman–Crippen LogP) is 4.67. The lowest BCUT2D eigenvalue weighted by molar-refractivity contribution is -0.117. The van der Waals surface area contributed by atoms with Crippen LogP contribution in [0, 0.1) is 13.8 Å². The summed E-state index contributed by atoms with van der Waals surface area (Å²) in [6.45, 7) is 8.51. The lowest BCUT2D eigenvalue weighted by atomic mass is 10.1. The highest BCUT2D eigenvalue weighted by Crippen LogP contribution is 2.35. The predicted molar refractivity (Wildman–Crippen MR) is 118 cm³/mol. The number of rotatable bonds is 6. The third-order valence-electron chi connectivity index (χ3n) is 5.22. The zero-order chi connectivity index (χ0) is 22.1. The van der Waals surface area contributed by atoms with Gasteiger partial charge in [0.05, 0.1) is 19.1 Å². The molecule has 3 aromatic rings. The van der Waals surface area contributed by atoms with Crippen LogP contribution < -0.4 is 14.4 Å². The van der Waals surface area contributed by atoms with Gasteiger partial charge in [0, 0.05) is 24.2 Å². The minimum Gasteiger partial charge on any atom is -0.493 e. The van der Waals surface area contributed by atoms with Crippen LogP contribution in [-0.4, -0.2) is 35.8 Å². The van der Waals surface area contributed by atoms with Crippen molar-refractivity contribution in [2.75, 3.05) is 18.6 Å². The van der Waals surface area contributed by atoms with Crippen molar-refractivity contribution in [2.24, 2.45) is 0 Å². The molecule has 0 spiro atoms. The van der Waals surface area contributed by atoms with E-state index in [2.05, 4.69) is 16.2 Å². The summed E-state index contributed by atoms with van der Waals surface area (Å²) in [5, 5.41) is 4.14. The maximum atomic E-state index is 12.7. The van der Waals surface area contributed by atoms with Crippen LogP contribution in [0.1, 0.15) is 43.2 Å². The maximum Gasteiger partial charge on any atom is 0.232 e. The molecule has 31 heavy (non-hydrogen) atoms. The van der Waals surface area contributed by atoms with Crippen LogP contribution in [0.3, 0.4) is 0 Å². The van der Waals surface area contributed by atoms with Crippen molar-refractivity contribution in [1.29, 1.82) is 0 Å². The first-order chi connectivity index (χ1) is 14.8. The number of aromatic nitrogens is 2. The number of methoxy groups -OCH3 is 1. The summed E-state index contributed by atoms with van der Waals surface area (Å²) in [6, 6.07) is 11.7. The highest BCUT2D eigenvalue weighted by molar-refractivity contribution is 5.96. The number of amides is 1. The van der Waals surface area contributed by atoms with E-state index >= 15 is 0 Å². The van der Waals surface area contributed by atoms with Crippen LogP contribution in [-0.2, 0) is 4.79 Å². The Balaban J connectivity index is 1.55. The molecule has 0 bridgehead atoms. The normalized spacial score (nSPS) is 16.3. The summed E-state index contributed by atoms with van der Waals surface area (Å²) < 4.78 is 16.8. The van der Waals surface area contributed by atoms with Crippen molar-refractivity contribution in [3.63, 3.8) is 0 Å². The van der Waals surface area contributed by atoms with Gasteiger partial charge in [0.2, 0.25) is 17.6 Å². The third-order valence-corrected chi connectivity index (χ3v) is 5.22. The number of nitrogens with zero attached hydrogens (tertiary/aromatic N) is 3. The van der Waals surface area contributed by atoms with Gasteiger partial charge in [-0.3, -0.25) is 4.79 Å². The largest absolute Gasteiger partial charge is 0.493 e. The van der Waals surface area contributed by atoms with Crippen LogP contribution in [0.2, 0.25) is 0 Å². The first-order valence-corrected chi connectivity index (χ1v) is 10.4. The highest BCUT2D eigenvalue weighted by atomic mass is 16.5. The fourth-order valence-corrected chi connectivity index (χ4v) is 3.91. The van der Waals surface area contributed by atoms with Gasteiger partial charge in [-0.15, -0.1) is 0 Å². The number of carbonyl (C=O) groups is 1. The molecule has 2 heterocycles. The lowest BCUT2D eigenvalue weighted by Crippen LogP contribution is -2.24. The molecule has 1 aromatic heterocycles. The van der Waals surface area contributed by atoms with Gasteiger partial charge in [-0.25, -0.2) is 0 Å². The van der Waals surface area contributed by atoms with E-state index in [0.717, 1.165) is 22.4 Å². The fourth-order valence-electron chi connectivity index (χ4n) is 3.91. The second kappa shape index (κ2) is 8.41. The highest BCUT2D eigenvalue weighted by Gasteiger charge is 2.35. The zero-order valence-electron chi connectivity index (χ0n) is 18.5. The number of ether oxygens (including phenoxy) is 2. The van der Waals surface area contributed by atoms with Gasteiger partial charge in [0.1, 0.15) is 0 Å². The first kappa shape index (κ1) is 20.9. The number of aryl methyl sites for hydroxylation is 2. The van der Waals surface area contributed by atoms with Gasteiger partial charge in [0.15, 0.2) is 11.5 Å². The van der Waals surface area contributed by atoms with Crippen LogP contribution in [0.25, 0.3) is 11.4 Å². The van der Waals surface area contributed by atoms with Crippen LogP contribution in [0.5, 0.6) is 11.5 Å². The Labute approximate surface area is 182 Å². The van der Waals surface area contributed by atoms with Crippen molar-refractivity contribution in [3.8, 4) is 22.9 Å². The maximum absolute atomic E-state index is 12.7. The summed E-state index contributed by atoms with van der Waals surface area (Å²) in [4.78, 5) is 19.0. The van der Waals surface area contributed by atoms with E-state index in [9.17, 15) is 4.79 Å². The monoisotopic (exact) mass is 421 g/mol. The summed E-state index contributed by atoms with van der Waals surface area (Å²) >= 11 is 0. The molecular formula is C24H27N3O4. The van der Waals surface area contributed by atoms with Crippen molar-refractivity contribution < 1.29 is 18.8 Å². The van der Waals surface area contributed by atoms with Gasteiger partial charge in [-0.05, 0) is 69.2 Å². The second-order valence-electron chi connectivity index (χ2n) is 8.24. The van der Waals surface area contributed by atoms with Gasteiger partial charge >= 0.3 is 0 Å². The van der Waals surface area contributed by atoms with E-state index in [1.807, 2.05) is 58.0 Å². The van der Waals surface area contributed by atoms with Gasteiger partial charge in [-0.2, -0.15) is 4.98 Å². The Morgan fingerprint density at radius 2 is 1.84 bits per heavy atom. The molecule has 4 rings (SSSR count). The van der Waals surface area contributed by atoms with Crippen molar-refractivity contribution in [2.45, 2.75) is 46.1 Å². The molecule has 1 aliphatic rings. The van der Waals surface area contributed by atoms with E-state index in [1.165, 1.54) is 0 Å². The Morgan fingerprint density at radius 1 is 1.10 bits per heavy atom. The number of carbonyl (C=O) groups excluding carboxylic acids is 1. The lowest BCUT2D eigenvalue weighted by Gasteiger charge is -2.17. The van der Waals surface area contributed by atoms with E-state index in [0.29, 0.717) is 36.2 Å². The van der Waals surface area contributed by atoms with Crippen molar-refractivity contribution >= 4 is 11.6 Å². The van der Waals surface area contributed by atoms with Gasteiger partial charge < -0.3 is 18.9 Å². The molecule has 1 atom stereocenters. The molecule has 7 heteroatoms. The van der Waals surface area contributed by atoms with E-state index in [1.54, 1.807) is 12.0 Å². The SMILES string of the molecule is COc1cc(-c2noc(C3CC(=O)N(c4cc(C)cc(C)c4)C3)n2)ccc1OC(C)C. The van der Waals surface area contributed by atoms with Crippen LogP contribution in [0.15, 0.2) is 40.9 Å². The average molecular weight is 421 g/mol. The molecule has 2 aromatic carbocycles. The smallest absolute Gasteiger partial charge is 0.232 e. The Hall–Kier alpha value is -3.35. The number of hydrogen-bond donors (Lipinski definition) is 0. The molecule has 0 saturated carbocycles. The Morgan fingerprint density at radius 3 is 2.52 bits per heavy atom. The fraction of sp³-hybridized carbons (Fsp3) is 0.375. The van der Waals surface area contributed by atoms with Crippen LogP contribution >= 0.6 is 0 Å². The molecule has 0 radical (unpaired) electrons. The van der Waals surface area contributed by atoms with Crippen molar-refractivity contribution in [1.82, 2.24) is 10.1 Å². The standard InChI is InChI=1S/C24H27N3O4/c1-14(2)30-20-7-6-17(11-21(20)29-5)23-25-24(31-26-23)18-12-22(28)27(13-18)19-9-15(3)8-16(4)10-19/h6-11,14,18H,12-13H2,1-5H3. The number of benzene rings is 2. The minimum absolute atomic E-state index is 0.0385. The molecule has 162 valence electrons. The topological polar surface area (TPSA) is 77.7 Å². The molecule has 0 N–H and O–H groups in total. The molecule has 1 amide bonds. The molecule has 1 fully saturated rings. The Kier molecular flexibility index (Phi) is 5.67. The van der Waals surface area contributed by atoms with Crippen LogP contribution in [0.4, 0.5) is 5.69 Å². The molecule has 0 aliphatic carbocycles. The molecular weight excluding hydrogens is 394 g/mol. The van der Waals surface area contributed by atoms with E-state index in [-0.39, 0.29) is 17.9 Å².